The third kappa shape index (κ3) is 3.76. The Morgan fingerprint density at radius 1 is 1.16 bits per heavy atom. The van der Waals surface area contributed by atoms with Crippen molar-refractivity contribution in [3.8, 4) is 0 Å². The smallest absolute Gasteiger partial charge is 0.238 e. The van der Waals surface area contributed by atoms with E-state index in [2.05, 4.69) is 15.6 Å². The highest BCUT2D eigenvalue weighted by atomic mass is 32.2. The van der Waals surface area contributed by atoms with Gasteiger partial charge in [-0.05, 0) is 44.9 Å². The molecule has 2 atom stereocenters. The summed E-state index contributed by atoms with van der Waals surface area (Å²) in [5.74, 6) is 0.122. The molecule has 0 saturated carbocycles. The van der Waals surface area contributed by atoms with E-state index >= 15 is 0 Å². The average molecular weight is 389 g/mol. The molecule has 2 unspecified atom stereocenters. The largest absolute Gasteiger partial charge is 0.283 e. The normalized spacial score (nSPS) is 29.5. The Kier molecular flexibility index (Phi) is 4.97. The summed E-state index contributed by atoms with van der Waals surface area (Å²) in [5, 5.41) is -0.630. The standard InChI is InChI=1S/C15H24N4O4S2/c1-11-15(12(2)17-16-11)25(22,23)18-13-6-5-7-14(10-13)19-8-3-4-9-24(19,20)21/h5-7,10-12,15-18H,3-4,8-9H2,1-2H3. The van der Waals surface area contributed by atoms with E-state index in [1.807, 2.05) is 0 Å². The minimum Gasteiger partial charge on any atom is -0.283 e. The van der Waals surface area contributed by atoms with Crippen LogP contribution in [-0.2, 0) is 20.0 Å². The predicted octanol–water partition coefficient (Wildman–Crippen LogP) is 0.612. The minimum atomic E-state index is -3.63. The fourth-order valence-corrected chi connectivity index (χ4v) is 6.87. The summed E-state index contributed by atoms with van der Waals surface area (Å²) in [6.45, 7) is 4.03. The van der Waals surface area contributed by atoms with Gasteiger partial charge in [0.25, 0.3) is 0 Å². The Balaban J connectivity index is 1.85. The Hall–Kier alpha value is -1.36. The number of hydrogen-bond donors (Lipinski definition) is 3. The Morgan fingerprint density at radius 3 is 2.48 bits per heavy atom. The molecule has 2 aliphatic heterocycles. The lowest BCUT2D eigenvalue weighted by Crippen LogP contribution is -2.41. The molecular weight excluding hydrogens is 364 g/mol. The topological polar surface area (TPSA) is 108 Å². The molecule has 8 nitrogen and oxygen atoms in total. The number of nitrogens with one attached hydrogen (secondary N) is 3. The second-order valence-corrected chi connectivity index (χ2v) is 10.5. The molecule has 0 amide bonds. The van der Waals surface area contributed by atoms with E-state index in [0.29, 0.717) is 24.3 Å². The zero-order valence-electron chi connectivity index (χ0n) is 14.3. The van der Waals surface area contributed by atoms with E-state index in [-0.39, 0.29) is 17.8 Å². The summed E-state index contributed by atoms with van der Waals surface area (Å²) < 4.78 is 53.9. The van der Waals surface area contributed by atoms with E-state index in [4.69, 9.17) is 0 Å². The molecule has 140 valence electrons. The fraction of sp³-hybridized carbons (Fsp3) is 0.600. The fourth-order valence-electron chi connectivity index (χ4n) is 3.43. The molecule has 1 aromatic carbocycles. The first-order valence-corrected chi connectivity index (χ1v) is 11.5. The van der Waals surface area contributed by atoms with Crippen LogP contribution in [0.25, 0.3) is 0 Å². The van der Waals surface area contributed by atoms with E-state index in [1.54, 1.807) is 38.1 Å². The van der Waals surface area contributed by atoms with Crippen molar-refractivity contribution >= 4 is 31.4 Å². The molecule has 2 heterocycles. The molecule has 3 N–H and O–H groups in total. The maximum Gasteiger partial charge on any atom is 0.238 e. The maximum absolute atomic E-state index is 12.7. The zero-order valence-corrected chi connectivity index (χ0v) is 15.9. The van der Waals surface area contributed by atoms with Gasteiger partial charge in [-0.25, -0.2) is 16.8 Å². The molecular formula is C15H24N4O4S2. The van der Waals surface area contributed by atoms with Crippen LogP contribution in [0.15, 0.2) is 24.3 Å². The summed E-state index contributed by atoms with van der Waals surface area (Å²) in [6.07, 6.45) is 1.45. The molecule has 2 saturated heterocycles. The second kappa shape index (κ2) is 6.75. The van der Waals surface area contributed by atoms with Crippen LogP contribution >= 0.6 is 0 Å². The number of hydrazine groups is 1. The second-order valence-electron chi connectivity index (χ2n) is 6.62. The van der Waals surface area contributed by atoms with Crippen molar-refractivity contribution in [1.29, 1.82) is 0 Å². The maximum atomic E-state index is 12.7. The van der Waals surface area contributed by atoms with Crippen molar-refractivity contribution in [2.45, 2.75) is 44.0 Å². The minimum absolute atomic E-state index is 0.122. The molecule has 0 aliphatic carbocycles. The van der Waals surface area contributed by atoms with Crippen LogP contribution in [0.5, 0.6) is 0 Å². The van der Waals surface area contributed by atoms with Crippen LogP contribution in [0.3, 0.4) is 0 Å². The van der Waals surface area contributed by atoms with Crippen LogP contribution in [-0.4, -0.2) is 46.5 Å². The van der Waals surface area contributed by atoms with E-state index < -0.39 is 25.3 Å². The van der Waals surface area contributed by atoms with Gasteiger partial charge in [-0.2, -0.15) is 0 Å². The van der Waals surface area contributed by atoms with Crippen molar-refractivity contribution in [2.24, 2.45) is 0 Å². The molecule has 0 bridgehead atoms. The number of sulfonamides is 2. The molecule has 0 radical (unpaired) electrons. The van der Waals surface area contributed by atoms with Crippen LogP contribution in [0, 0.1) is 0 Å². The van der Waals surface area contributed by atoms with Gasteiger partial charge in [0.2, 0.25) is 20.0 Å². The molecule has 1 aromatic rings. The number of hydrogen-bond acceptors (Lipinski definition) is 6. The highest BCUT2D eigenvalue weighted by Gasteiger charge is 2.40. The molecule has 2 aliphatic rings. The third-order valence-corrected chi connectivity index (χ3v) is 8.55. The van der Waals surface area contributed by atoms with E-state index in [0.717, 1.165) is 6.42 Å². The van der Waals surface area contributed by atoms with Gasteiger partial charge in [0.1, 0.15) is 5.25 Å². The molecule has 10 heteroatoms. The Bertz CT molecular complexity index is 831. The predicted molar refractivity (Wildman–Crippen MR) is 98.3 cm³/mol. The van der Waals surface area contributed by atoms with Crippen LogP contribution in [0.1, 0.15) is 26.7 Å². The number of benzene rings is 1. The first kappa shape index (κ1) is 18.4. The van der Waals surface area contributed by atoms with Crippen LogP contribution in [0.4, 0.5) is 11.4 Å². The third-order valence-electron chi connectivity index (χ3n) is 4.63. The molecule has 3 rings (SSSR count). The van der Waals surface area contributed by atoms with Gasteiger partial charge in [-0.3, -0.25) is 19.9 Å². The first-order chi connectivity index (χ1) is 11.7. The van der Waals surface area contributed by atoms with Gasteiger partial charge in [0, 0.05) is 18.6 Å². The first-order valence-electron chi connectivity index (χ1n) is 8.34. The SMILES string of the molecule is CC1NNC(C)C1S(=O)(=O)Nc1cccc(N2CCCCS2(=O)=O)c1. The lowest BCUT2D eigenvalue weighted by Gasteiger charge is -2.28. The summed E-state index contributed by atoms with van der Waals surface area (Å²) >= 11 is 0. The van der Waals surface area contributed by atoms with Crippen molar-refractivity contribution in [2.75, 3.05) is 21.3 Å². The highest BCUT2D eigenvalue weighted by molar-refractivity contribution is 7.93. The number of rotatable bonds is 4. The van der Waals surface area contributed by atoms with Crippen molar-refractivity contribution in [3.63, 3.8) is 0 Å². The monoisotopic (exact) mass is 388 g/mol. The van der Waals surface area contributed by atoms with Gasteiger partial charge in [0.05, 0.1) is 17.1 Å². The van der Waals surface area contributed by atoms with Crippen LogP contribution < -0.4 is 19.9 Å². The Morgan fingerprint density at radius 2 is 1.84 bits per heavy atom. The quantitative estimate of drug-likeness (QED) is 0.698. The highest BCUT2D eigenvalue weighted by Crippen LogP contribution is 2.27. The van der Waals surface area contributed by atoms with Gasteiger partial charge < -0.3 is 0 Å². The summed E-state index contributed by atoms with van der Waals surface area (Å²) in [5.41, 5.74) is 6.71. The van der Waals surface area contributed by atoms with E-state index in [9.17, 15) is 16.8 Å². The summed E-state index contributed by atoms with van der Waals surface area (Å²) in [4.78, 5) is 0. The lowest BCUT2D eigenvalue weighted by molar-refractivity contribution is 0.564. The van der Waals surface area contributed by atoms with Crippen LogP contribution in [0.2, 0.25) is 0 Å². The molecule has 2 fully saturated rings. The summed E-state index contributed by atoms with van der Waals surface area (Å²) in [7, 11) is -6.96. The summed E-state index contributed by atoms with van der Waals surface area (Å²) in [6, 6.07) is 6.07. The molecule has 0 spiro atoms. The van der Waals surface area contributed by atoms with Gasteiger partial charge in [-0.15, -0.1) is 0 Å². The Labute approximate surface area is 149 Å². The number of anilines is 2. The number of nitrogens with zero attached hydrogens (tertiary/aromatic N) is 1. The van der Waals surface area contributed by atoms with Gasteiger partial charge in [0.15, 0.2) is 0 Å². The van der Waals surface area contributed by atoms with Crippen molar-refractivity contribution < 1.29 is 16.8 Å². The average Bonchev–Trinajstić information content (AvgIpc) is 2.86. The van der Waals surface area contributed by atoms with Crippen molar-refractivity contribution in [3.05, 3.63) is 24.3 Å². The van der Waals surface area contributed by atoms with Gasteiger partial charge in [-0.1, -0.05) is 6.07 Å². The van der Waals surface area contributed by atoms with E-state index in [1.165, 1.54) is 4.31 Å². The van der Waals surface area contributed by atoms with Gasteiger partial charge >= 0.3 is 0 Å². The molecule has 25 heavy (non-hydrogen) atoms. The molecule has 0 aromatic heterocycles. The van der Waals surface area contributed by atoms with Crippen molar-refractivity contribution in [1.82, 2.24) is 10.9 Å². The lowest BCUT2D eigenvalue weighted by atomic mass is 10.2. The zero-order chi connectivity index (χ0) is 18.2.